The van der Waals surface area contributed by atoms with E-state index in [9.17, 15) is 18.0 Å². The van der Waals surface area contributed by atoms with E-state index in [2.05, 4.69) is 15.3 Å². The number of nitrogens with one attached hydrogen (secondary N) is 1. The smallest absolute Gasteiger partial charge is 0.322 e. The molecule has 0 aliphatic carbocycles. The van der Waals surface area contributed by atoms with Crippen molar-refractivity contribution in [2.45, 2.75) is 13.1 Å². The zero-order valence-electron chi connectivity index (χ0n) is 12.6. The number of hydrogen-bond acceptors (Lipinski definition) is 3. The summed E-state index contributed by atoms with van der Waals surface area (Å²) in [6, 6.07) is 8.28. The van der Waals surface area contributed by atoms with Gasteiger partial charge in [0, 0.05) is 29.0 Å². The summed E-state index contributed by atoms with van der Waals surface area (Å²) in [6.07, 6.45) is -1.38. The molecule has 0 atom stereocenters. The fraction of sp³-hybridized carbons (Fsp3) is 0.118. The van der Waals surface area contributed by atoms with Crippen LogP contribution < -0.4 is 5.32 Å². The van der Waals surface area contributed by atoms with E-state index in [1.54, 1.807) is 31.5 Å². The molecule has 0 spiro atoms. The van der Waals surface area contributed by atoms with Crippen LogP contribution in [-0.4, -0.2) is 15.9 Å². The molecule has 0 saturated carbocycles. The van der Waals surface area contributed by atoms with Crippen LogP contribution in [0.3, 0.4) is 0 Å². The van der Waals surface area contributed by atoms with Crippen LogP contribution in [0.25, 0.3) is 10.9 Å². The highest BCUT2D eigenvalue weighted by atomic mass is 19.4. The predicted molar refractivity (Wildman–Crippen MR) is 83.7 cm³/mol. The second-order valence-electron chi connectivity index (χ2n) is 5.21. The third kappa shape index (κ3) is 3.05. The van der Waals surface area contributed by atoms with Crippen molar-refractivity contribution in [1.29, 1.82) is 0 Å². The number of carbonyl (C=O) groups is 1. The van der Waals surface area contributed by atoms with E-state index >= 15 is 0 Å². The van der Waals surface area contributed by atoms with Crippen LogP contribution in [-0.2, 0) is 6.18 Å². The van der Waals surface area contributed by atoms with Gasteiger partial charge in [-0.2, -0.15) is 13.2 Å². The minimum absolute atomic E-state index is 0.115. The van der Waals surface area contributed by atoms with Gasteiger partial charge < -0.3 is 5.32 Å². The molecule has 1 aromatic carbocycles. The van der Waals surface area contributed by atoms with E-state index in [1.807, 2.05) is 0 Å². The minimum atomic E-state index is -4.53. The first-order valence-electron chi connectivity index (χ1n) is 7.05. The number of carbonyl (C=O) groups excluding carboxylic acids is 1. The quantitative estimate of drug-likeness (QED) is 0.765. The molecule has 2 heterocycles. The van der Waals surface area contributed by atoms with Crippen molar-refractivity contribution >= 4 is 22.5 Å². The Morgan fingerprint density at radius 1 is 1.12 bits per heavy atom. The largest absolute Gasteiger partial charge is 0.433 e. The van der Waals surface area contributed by atoms with Crippen molar-refractivity contribution in [3.05, 3.63) is 65.6 Å². The predicted octanol–water partition coefficient (Wildman–Crippen LogP) is 4.21. The molecule has 1 amide bonds. The number of hydrogen-bond donors (Lipinski definition) is 1. The molecule has 122 valence electrons. The molecule has 0 bridgehead atoms. The van der Waals surface area contributed by atoms with E-state index < -0.39 is 17.8 Å². The first-order chi connectivity index (χ1) is 11.4. The number of nitrogens with zero attached hydrogens (tertiary/aromatic N) is 2. The van der Waals surface area contributed by atoms with Crippen LogP contribution in [0.15, 0.2) is 48.8 Å². The first kappa shape index (κ1) is 15.9. The van der Waals surface area contributed by atoms with Gasteiger partial charge in [-0.1, -0.05) is 6.07 Å². The maximum Gasteiger partial charge on any atom is 0.433 e. The number of rotatable bonds is 2. The molecular formula is C17H12F3N3O. The van der Waals surface area contributed by atoms with Gasteiger partial charge in [0.2, 0.25) is 0 Å². The Morgan fingerprint density at radius 2 is 1.92 bits per heavy atom. The van der Waals surface area contributed by atoms with Crippen molar-refractivity contribution in [2.24, 2.45) is 0 Å². The summed E-state index contributed by atoms with van der Waals surface area (Å²) in [7, 11) is 0. The molecule has 0 radical (unpaired) electrons. The topological polar surface area (TPSA) is 54.9 Å². The summed E-state index contributed by atoms with van der Waals surface area (Å²) < 4.78 is 38.3. The number of fused-ring (bicyclic) bond motifs is 1. The number of halogens is 3. The van der Waals surface area contributed by atoms with Crippen molar-refractivity contribution in [1.82, 2.24) is 9.97 Å². The summed E-state index contributed by atoms with van der Waals surface area (Å²) in [6.45, 7) is 1.79. The SMILES string of the molecule is Cc1cnccc1NC(=O)c1cccc2nc(C(F)(F)F)ccc12. The van der Waals surface area contributed by atoms with Gasteiger partial charge in [0.1, 0.15) is 5.69 Å². The van der Waals surface area contributed by atoms with Crippen molar-refractivity contribution in [2.75, 3.05) is 5.32 Å². The number of anilines is 1. The highest BCUT2D eigenvalue weighted by Gasteiger charge is 2.32. The Labute approximate surface area is 135 Å². The Hall–Kier alpha value is -2.96. The molecule has 0 aliphatic heterocycles. The number of amides is 1. The average molecular weight is 331 g/mol. The van der Waals surface area contributed by atoms with Gasteiger partial charge in [-0.15, -0.1) is 0 Å². The van der Waals surface area contributed by atoms with Gasteiger partial charge in [0.05, 0.1) is 5.52 Å². The zero-order valence-corrected chi connectivity index (χ0v) is 12.6. The zero-order chi connectivity index (χ0) is 17.3. The summed E-state index contributed by atoms with van der Waals surface area (Å²) in [5.74, 6) is -0.420. The molecule has 3 aromatic rings. The summed E-state index contributed by atoms with van der Waals surface area (Å²) >= 11 is 0. The molecular weight excluding hydrogens is 319 g/mol. The summed E-state index contributed by atoms with van der Waals surface area (Å²) in [5, 5.41) is 3.09. The van der Waals surface area contributed by atoms with Gasteiger partial charge in [0.25, 0.3) is 5.91 Å². The lowest BCUT2D eigenvalue weighted by molar-refractivity contribution is -0.140. The number of pyridine rings is 2. The Kier molecular flexibility index (Phi) is 3.92. The molecule has 0 saturated heterocycles. The first-order valence-corrected chi connectivity index (χ1v) is 7.05. The highest BCUT2D eigenvalue weighted by molar-refractivity contribution is 6.12. The summed E-state index contributed by atoms with van der Waals surface area (Å²) in [5.41, 5.74) is 0.752. The van der Waals surface area contributed by atoms with Gasteiger partial charge in [-0.3, -0.25) is 9.78 Å². The van der Waals surface area contributed by atoms with Crippen LogP contribution in [0.1, 0.15) is 21.6 Å². The summed E-state index contributed by atoms with van der Waals surface area (Å²) in [4.78, 5) is 20.0. The fourth-order valence-corrected chi connectivity index (χ4v) is 2.31. The lowest BCUT2D eigenvalue weighted by Gasteiger charge is -2.11. The van der Waals surface area contributed by atoms with E-state index in [0.717, 1.165) is 11.6 Å². The highest BCUT2D eigenvalue weighted by Crippen LogP contribution is 2.30. The Morgan fingerprint density at radius 3 is 2.62 bits per heavy atom. The maximum atomic E-state index is 12.8. The molecule has 7 heteroatoms. The van der Waals surface area contributed by atoms with Gasteiger partial charge in [-0.25, -0.2) is 4.98 Å². The van der Waals surface area contributed by atoms with Crippen LogP contribution in [0.4, 0.5) is 18.9 Å². The van der Waals surface area contributed by atoms with Crippen molar-refractivity contribution < 1.29 is 18.0 Å². The van der Waals surface area contributed by atoms with Gasteiger partial charge in [0.15, 0.2) is 0 Å². The van der Waals surface area contributed by atoms with Crippen LogP contribution in [0.5, 0.6) is 0 Å². The average Bonchev–Trinajstić information content (AvgIpc) is 2.55. The molecule has 24 heavy (non-hydrogen) atoms. The second kappa shape index (κ2) is 5.92. The van der Waals surface area contributed by atoms with Crippen molar-refractivity contribution in [3.8, 4) is 0 Å². The van der Waals surface area contributed by atoms with Crippen molar-refractivity contribution in [3.63, 3.8) is 0 Å². The third-order valence-electron chi connectivity index (χ3n) is 3.54. The molecule has 0 fully saturated rings. The number of alkyl halides is 3. The normalized spacial score (nSPS) is 11.5. The standard InChI is InChI=1S/C17H12F3N3O/c1-10-9-21-8-7-13(10)23-16(24)12-3-2-4-14-11(12)5-6-15(22-14)17(18,19)20/h2-9H,1H3,(H,21,23,24). The van der Waals surface area contributed by atoms with Crippen LogP contribution in [0.2, 0.25) is 0 Å². The molecule has 4 nitrogen and oxygen atoms in total. The molecule has 1 N–H and O–H groups in total. The Balaban J connectivity index is 2.00. The monoisotopic (exact) mass is 331 g/mol. The Bertz CT molecular complexity index is 922. The van der Waals surface area contributed by atoms with E-state index in [-0.39, 0.29) is 11.1 Å². The third-order valence-corrected chi connectivity index (χ3v) is 3.54. The van der Waals surface area contributed by atoms with E-state index in [4.69, 9.17) is 0 Å². The lowest BCUT2D eigenvalue weighted by atomic mass is 10.1. The van der Waals surface area contributed by atoms with Crippen LogP contribution >= 0.6 is 0 Å². The van der Waals surface area contributed by atoms with Gasteiger partial charge in [-0.05, 0) is 42.8 Å². The van der Waals surface area contributed by atoms with E-state index in [1.165, 1.54) is 18.2 Å². The van der Waals surface area contributed by atoms with E-state index in [0.29, 0.717) is 11.1 Å². The number of benzene rings is 1. The molecule has 2 aromatic heterocycles. The lowest BCUT2D eigenvalue weighted by Crippen LogP contribution is -2.14. The minimum Gasteiger partial charge on any atom is -0.322 e. The van der Waals surface area contributed by atoms with Gasteiger partial charge >= 0.3 is 6.18 Å². The number of aryl methyl sites for hydroxylation is 1. The number of aromatic nitrogens is 2. The maximum absolute atomic E-state index is 12.8. The molecule has 3 rings (SSSR count). The molecule has 0 aliphatic rings. The molecule has 0 unspecified atom stereocenters. The fourth-order valence-electron chi connectivity index (χ4n) is 2.31. The second-order valence-corrected chi connectivity index (χ2v) is 5.21. The van der Waals surface area contributed by atoms with Crippen LogP contribution in [0, 0.1) is 6.92 Å².